The van der Waals surface area contributed by atoms with Crippen LogP contribution in [-0.2, 0) is 6.54 Å². The Hall–Kier alpha value is -0.340. The molecule has 0 spiro atoms. The number of nitrogens with zero attached hydrogens (tertiary/aromatic N) is 1. The van der Waals surface area contributed by atoms with E-state index in [4.69, 9.17) is 0 Å². The summed E-state index contributed by atoms with van der Waals surface area (Å²) < 4.78 is 1.16. The molecular weight excluding hydrogens is 262 g/mol. The zero-order valence-corrected chi connectivity index (χ0v) is 11.7. The molecule has 2 atom stereocenters. The van der Waals surface area contributed by atoms with Crippen LogP contribution in [-0.4, -0.2) is 17.5 Å². The van der Waals surface area contributed by atoms with Crippen molar-refractivity contribution < 1.29 is 0 Å². The summed E-state index contributed by atoms with van der Waals surface area (Å²) >= 11 is 3.48. The Bertz CT molecular complexity index is 333. The molecule has 1 aliphatic heterocycles. The number of benzene rings is 1. The lowest BCUT2D eigenvalue weighted by Crippen LogP contribution is -2.40. The van der Waals surface area contributed by atoms with Crippen molar-refractivity contribution in [1.82, 2.24) is 4.90 Å². The van der Waals surface area contributed by atoms with E-state index in [9.17, 15) is 0 Å². The van der Waals surface area contributed by atoms with Crippen molar-refractivity contribution >= 4 is 15.9 Å². The molecule has 2 rings (SSSR count). The van der Waals surface area contributed by atoms with Crippen molar-refractivity contribution in [3.8, 4) is 0 Å². The van der Waals surface area contributed by atoms with E-state index in [1.165, 1.54) is 24.9 Å². The van der Waals surface area contributed by atoms with Crippen molar-refractivity contribution in [2.24, 2.45) is 5.92 Å². The summed E-state index contributed by atoms with van der Waals surface area (Å²) in [6.07, 6.45) is 2.73. The Balaban J connectivity index is 2.00. The van der Waals surface area contributed by atoms with Crippen molar-refractivity contribution in [2.45, 2.75) is 39.3 Å². The lowest BCUT2D eigenvalue weighted by atomic mass is 9.94. The number of halogens is 1. The first-order valence-corrected chi connectivity index (χ1v) is 6.93. The molecular formula is C14H20BrN. The fourth-order valence-corrected chi connectivity index (χ4v) is 2.69. The van der Waals surface area contributed by atoms with Gasteiger partial charge in [-0.2, -0.15) is 0 Å². The van der Waals surface area contributed by atoms with Crippen LogP contribution >= 0.6 is 15.9 Å². The lowest BCUT2D eigenvalue weighted by molar-refractivity contribution is 0.117. The lowest BCUT2D eigenvalue weighted by Gasteiger charge is -2.36. The predicted octanol–water partition coefficient (Wildman–Crippen LogP) is 4.07. The Morgan fingerprint density at radius 1 is 1.19 bits per heavy atom. The van der Waals surface area contributed by atoms with Gasteiger partial charge in [-0.1, -0.05) is 35.0 Å². The van der Waals surface area contributed by atoms with Gasteiger partial charge in [0.15, 0.2) is 0 Å². The van der Waals surface area contributed by atoms with Gasteiger partial charge >= 0.3 is 0 Å². The highest BCUT2D eigenvalue weighted by Crippen LogP contribution is 2.23. The summed E-state index contributed by atoms with van der Waals surface area (Å²) in [5.74, 6) is 0.853. The third-order valence-corrected chi connectivity index (χ3v) is 4.07. The minimum absolute atomic E-state index is 0.736. The van der Waals surface area contributed by atoms with Gasteiger partial charge in [-0.25, -0.2) is 0 Å². The molecule has 1 aromatic carbocycles. The molecule has 1 aliphatic rings. The molecule has 2 unspecified atom stereocenters. The minimum atomic E-state index is 0.736. The van der Waals surface area contributed by atoms with E-state index in [-0.39, 0.29) is 0 Å². The maximum absolute atomic E-state index is 3.48. The quantitative estimate of drug-likeness (QED) is 0.790. The van der Waals surface area contributed by atoms with Gasteiger partial charge in [-0.3, -0.25) is 4.90 Å². The number of rotatable bonds is 2. The van der Waals surface area contributed by atoms with Gasteiger partial charge in [-0.05, 0) is 43.4 Å². The van der Waals surface area contributed by atoms with Gasteiger partial charge in [0.25, 0.3) is 0 Å². The fraction of sp³-hybridized carbons (Fsp3) is 0.571. The van der Waals surface area contributed by atoms with Crippen molar-refractivity contribution in [1.29, 1.82) is 0 Å². The average molecular weight is 282 g/mol. The van der Waals surface area contributed by atoms with Crippen LogP contribution in [0.3, 0.4) is 0 Å². The second kappa shape index (κ2) is 5.33. The largest absolute Gasteiger partial charge is 0.296 e. The number of hydrogen-bond donors (Lipinski definition) is 0. The van der Waals surface area contributed by atoms with Crippen molar-refractivity contribution in [2.75, 3.05) is 6.54 Å². The van der Waals surface area contributed by atoms with Crippen LogP contribution < -0.4 is 0 Å². The number of hydrogen-bond acceptors (Lipinski definition) is 1. The van der Waals surface area contributed by atoms with Gasteiger partial charge < -0.3 is 0 Å². The predicted molar refractivity (Wildman–Crippen MR) is 72.4 cm³/mol. The summed E-state index contributed by atoms with van der Waals surface area (Å²) in [5.41, 5.74) is 1.42. The van der Waals surface area contributed by atoms with E-state index in [0.29, 0.717) is 0 Å². The Morgan fingerprint density at radius 3 is 2.56 bits per heavy atom. The van der Waals surface area contributed by atoms with Gasteiger partial charge in [-0.15, -0.1) is 0 Å². The summed E-state index contributed by atoms with van der Waals surface area (Å²) in [4.78, 5) is 2.61. The molecule has 0 N–H and O–H groups in total. The third kappa shape index (κ3) is 3.08. The van der Waals surface area contributed by atoms with E-state index >= 15 is 0 Å². The van der Waals surface area contributed by atoms with Gasteiger partial charge in [0.1, 0.15) is 0 Å². The van der Waals surface area contributed by atoms with Crippen molar-refractivity contribution in [3.05, 3.63) is 34.3 Å². The summed E-state index contributed by atoms with van der Waals surface area (Å²) in [7, 11) is 0. The normalized spacial score (nSPS) is 26.9. The summed E-state index contributed by atoms with van der Waals surface area (Å²) in [6.45, 7) is 7.06. The smallest absolute Gasteiger partial charge is 0.0236 e. The molecule has 1 nitrogen and oxygen atoms in total. The second-order valence-corrected chi connectivity index (χ2v) is 6.00. The Kier molecular flexibility index (Phi) is 4.04. The first-order valence-electron chi connectivity index (χ1n) is 6.13. The fourth-order valence-electron chi connectivity index (χ4n) is 2.42. The van der Waals surface area contributed by atoms with Crippen LogP contribution in [0, 0.1) is 5.92 Å². The molecule has 1 heterocycles. The molecule has 1 fully saturated rings. The van der Waals surface area contributed by atoms with Crippen LogP contribution in [0.5, 0.6) is 0 Å². The molecule has 2 heteroatoms. The van der Waals surface area contributed by atoms with Crippen LogP contribution in [0.25, 0.3) is 0 Å². The van der Waals surface area contributed by atoms with Crippen LogP contribution in [0.1, 0.15) is 32.3 Å². The minimum Gasteiger partial charge on any atom is -0.296 e. The highest BCUT2D eigenvalue weighted by Gasteiger charge is 2.22. The maximum atomic E-state index is 3.48. The van der Waals surface area contributed by atoms with Crippen LogP contribution in [0.2, 0.25) is 0 Å². The monoisotopic (exact) mass is 281 g/mol. The van der Waals surface area contributed by atoms with E-state index in [1.807, 2.05) is 0 Å². The molecule has 88 valence electrons. The van der Waals surface area contributed by atoms with Gasteiger partial charge in [0.2, 0.25) is 0 Å². The first kappa shape index (κ1) is 12.1. The molecule has 0 amide bonds. The van der Waals surface area contributed by atoms with E-state index in [2.05, 4.69) is 58.9 Å². The van der Waals surface area contributed by atoms with Crippen LogP contribution in [0.4, 0.5) is 0 Å². The SMILES string of the molecule is CC1CCC(C)N(Cc2ccc(Br)cc2)C1. The topological polar surface area (TPSA) is 3.24 Å². The molecule has 1 saturated heterocycles. The molecule has 0 aliphatic carbocycles. The van der Waals surface area contributed by atoms with Crippen LogP contribution in [0.15, 0.2) is 28.7 Å². The zero-order chi connectivity index (χ0) is 11.5. The third-order valence-electron chi connectivity index (χ3n) is 3.55. The maximum Gasteiger partial charge on any atom is 0.0236 e. The summed E-state index contributed by atoms with van der Waals surface area (Å²) in [5, 5.41) is 0. The standard InChI is InChI=1S/C14H20BrN/c1-11-3-4-12(2)16(9-11)10-13-5-7-14(15)8-6-13/h5-8,11-12H,3-4,9-10H2,1-2H3. The molecule has 0 bridgehead atoms. The first-order chi connectivity index (χ1) is 7.65. The van der Waals surface area contributed by atoms with E-state index < -0.39 is 0 Å². The zero-order valence-electron chi connectivity index (χ0n) is 10.1. The number of piperidine rings is 1. The van der Waals surface area contributed by atoms with Crippen molar-refractivity contribution in [3.63, 3.8) is 0 Å². The highest BCUT2D eigenvalue weighted by molar-refractivity contribution is 9.10. The molecule has 16 heavy (non-hydrogen) atoms. The number of likely N-dealkylation sites (tertiary alicyclic amines) is 1. The Morgan fingerprint density at radius 2 is 1.88 bits per heavy atom. The molecule has 0 saturated carbocycles. The highest BCUT2D eigenvalue weighted by atomic mass is 79.9. The van der Waals surface area contributed by atoms with Gasteiger partial charge in [0, 0.05) is 23.6 Å². The van der Waals surface area contributed by atoms with Gasteiger partial charge in [0.05, 0.1) is 0 Å². The summed E-state index contributed by atoms with van der Waals surface area (Å²) in [6, 6.07) is 9.44. The average Bonchev–Trinajstić information content (AvgIpc) is 2.27. The molecule has 0 radical (unpaired) electrons. The molecule has 1 aromatic rings. The second-order valence-electron chi connectivity index (χ2n) is 5.09. The van der Waals surface area contributed by atoms with E-state index in [1.54, 1.807) is 0 Å². The Labute approximate surface area is 107 Å². The van der Waals surface area contributed by atoms with E-state index in [0.717, 1.165) is 23.0 Å². The molecule has 0 aromatic heterocycles.